The number of methoxy groups -OCH3 is 3. The Kier molecular flexibility index (Phi) is 4.90. The van der Waals surface area contributed by atoms with Gasteiger partial charge in [-0.3, -0.25) is 0 Å². The molecule has 0 saturated carbocycles. The summed E-state index contributed by atoms with van der Waals surface area (Å²) in [6, 6.07) is 12.7. The van der Waals surface area contributed by atoms with Crippen LogP contribution in [0.4, 0.5) is 0 Å². The fraction of sp³-hybridized carbons (Fsp3) is 0.211. The first-order chi connectivity index (χ1) is 12.2. The largest absolute Gasteiger partial charge is 0.497 e. The second kappa shape index (κ2) is 7.27. The number of aliphatic hydroxyl groups is 1. The van der Waals surface area contributed by atoms with Crippen LogP contribution in [0.3, 0.4) is 0 Å². The Hall–Kier alpha value is -2.99. The molecule has 0 bridgehead atoms. The maximum Gasteiger partial charge on any atom is 0.173 e. The summed E-state index contributed by atoms with van der Waals surface area (Å²) >= 11 is 0. The van der Waals surface area contributed by atoms with Crippen LogP contribution in [0.5, 0.6) is 17.2 Å². The first-order valence-corrected chi connectivity index (χ1v) is 7.68. The van der Waals surface area contributed by atoms with Gasteiger partial charge in [0.1, 0.15) is 22.9 Å². The zero-order valence-corrected chi connectivity index (χ0v) is 14.3. The maximum absolute atomic E-state index is 9.90. The van der Waals surface area contributed by atoms with Crippen molar-refractivity contribution in [2.24, 2.45) is 0 Å². The van der Waals surface area contributed by atoms with E-state index < -0.39 is 0 Å². The average molecular weight is 341 g/mol. The first kappa shape index (κ1) is 16.9. The highest BCUT2D eigenvalue weighted by molar-refractivity contribution is 5.77. The van der Waals surface area contributed by atoms with Gasteiger partial charge in [-0.15, -0.1) is 0 Å². The van der Waals surface area contributed by atoms with E-state index in [4.69, 9.17) is 18.7 Å². The number of nitrogens with zero attached hydrogens (tertiary/aromatic N) is 1. The third kappa shape index (κ3) is 3.16. The van der Waals surface area contributed by atoms with Gasteiger partial charge in [0, 0.05) is 11.1 Å². The summed E-state index contributed by atoms with van der Waals surface area (Å²) in [7, 11) is 4.77. The Balaban J connectivity index is 2.11. The molecule has 3 rings (SSSR count). The van der Waals surface area contributed by atoms with E-state index in [0.29, 0.717) is 34.1 Å². The molecule has 0 aliphatic heterocycles. The van der Waals surface area contributed by atoms with Crippen LogP contribution in [0.25, 0.3) is 22.6 Å². The highest BCUT2D eigenvalue weighted by Crippen LogP contribution is 2.38. The molecule has 0 atom stereocenters. The fourth-order valence-corrected chi connectivity index (χ4v) is 2.64. The molecular weight excluding hydrogens is 322 g/mol. The van der Waals surface area contributed by atoms with Crippen LogP contribution in [0.1, 0.15) is 5.56 Å². The molecule has 0 spiro atoms. The lowest BCUT2D eigenvalue weighted by Gasteiger charge is -2.09. The Morgan fingerprint density at radius 2 is 1.60 bits per heavy atom. The predicted octanol–water partition coefficient (Wildman–Crippen LogP) is 3.53. The molecule has 130 valence electrons. The van der Waals surface area contributed by atoms with Gasteiger partial charge in [-0.1, -0.05) is 5.16 Å². The summed E-state index contributed by atoms with van der Waals surface area (Å²) in [6.07, 6.45) is 0. The number of benzene rings is 2. The first-order valence-electron chi connectivity index (χ1n) is 7.68. The number of aliphatic hydroxyl groups excluding tert-OH is 1. The smallest absolute Gasteiger partial charge is 0.173 e. The van der Waals surface area contributed by atoms with Crippen LogP contribution in [0.2, 0.25) is 0 Å². The van der Waals surface area contributed by atoms with Gasteiger partial charge in [-0.2, -0.15) is 0 Å². The summed E-state index contributed by atoms with van der Waals surface area (Å²) in [5.41, 5.74) is 2.58. The molecule has 2 aromatic carbocycles. The van der Waals surface area contributed by atoms with Crippen LogP contribution in [0.15, 0.2) is 47.0 Å². The van der Waals surface area contributed by atoms with Gasteiger partial charge in [-0.25, -0.2) is 0 Å². The SMILES string of the molecule is COc1ccc(-c2onc(-c3cc(OC)ccc3OC)c2CO)cc1. The van der Waals surface area contributed by atoms with Gasteiger partial charge in [0.15, 0.2) is 5.76 Å². The van der Waals surface area contributed by atoms with E-state index in [1.54, 1.807) is 39.5 Å². The molecule has 0 amide bonds. The van der Waals surface area contributed by atoms with E-state index >= 15 is 0 Å². The molecule has 1 aromatic heterocycles. The highest BCUT2D eigenvalue weighted by Gasteiger charge is 2.21. The lowest BCUT2D eigenvalue weighted by molar-refractivity contribution is 0.281. The number of ether oxygens (including phenoxy) is 3. The monoisotopic (exact) mass is 341 g/mol. The summed E-state index contributed by atoms with van der Waals surface area (Å²) < 4.78 is 21.4. The number of hydrogen-bond donors (Lipinski definition) is 1. The molecule has 1 heterocycles. The lowest BCUT2D eigenvalue weighted by atomic mass is 10.0. The van der Waals surface area contributed by atoms with Gasteiger partial charge < -0.3 is 23.8 Å². The number of hydrogen-bond acceptors (Lipinski definition) is 6. The topological polar surface area (TPSA) is 74.0 Å². The van der Waals surface area contributed by atoms with Crippen molar-refractivity contribution in [2.75, 3.05) is 21.3 Å². The predicted molar refractivity (Wildman–Crippen MR) is 93.0 cm³/mol. The Morgan fingerprint density at radius 1 is 0.920 bits per heavy atom. The van der Waals surface area contributed by atoms with Crippen LogP contribution in [-0.4, -0.2) is 31.6 Å². The normalized spacial score (nSPS) is 10.6. The minimum Gasteiger partial charge on any atom is -0.497 e. The Labute approximate surface area is 145 Å². The number of aromatic nitrogens is 1. The zero-order valence-electron chi connectivity index (χ0n) is 14.3. The van der Waals surface area contributed by atoms with Crippen molar-refractivity contribution in [3.63, 3.8) is 0 Å². The molecule has 1 N–H and O–H groups in total. The molecule has 6 nitrogen and oxygen atoms in total. The Bertz CT molecular complexity index is 855. The van der Waals surface area contributed by atoms with Gasteiger partial charge in [0.25, 0.3) is 0 Å². The highest BCUT2D eigenvalue weighted by atomic mass is 16.5. The third-order valence-corrected chi connectivity index (χ3v) is 3.96. The molecule has 0 unspecified atom stereocenters. The molecular formula is C19H19NO5. The Morgan fingerprint density at radius 3 is 2.20 bits per heavy atom. The van der Waals surface area contributed by atoms with Gasteiger partial charge in [0.2, 0.25) is 0 Å². The van der Waals surface area contributed by atoms with E-state index in [1.165, 1.54) is 0 Å². The minimum absolute atomic E-state index is 0.222. The summed E-state index contributed by atoms with van der Waals surface area (Å²) in [4.78, 5) is 0. The summed E-state index contributed by atoms with van der Waals surface area (Å²) in [5.74, 6) is 2.52. The van der Waals surface area contributed by atoms with Gasteiger partial charge in [-0.05, 0) is 42.5 Å². The zero-order chi connectivity index (χ0) is 17.8. The van der Waals surface area contributed by atoms with Crippen LogP contribution < -0.4 is 14.2 Å². The molecule has 0 saturated heterocycles. The third-order valence-electron chi connectivity index (χ3n) is 3.96. The molecule has 25 heavy (non-hydrogen) atoms. The van der Waals surface area contributed by atoms with Gasteiger partial charge >= 0.3 is 0 Å². The second-order valence-corrected chi connectivity index (χ2v) is 5.29. The molecule has 0 fully saturated rings. The van der Waals surface area contributed by atoms with Crippen molar-refractivity contribution in [2.45, 2.75) is 6.61 Å². The second-order valence-electron chi connectivity index (χ2n) is 5.29. The summed E-state index contributed by atoms with van der Waals surface area (Å²) in [5, 5.41) is 14.1. The van der Waals surface area contributed by atoms with E-state index in [2.05, 4.69) is 5.16 Å². The molecule has 6 heteroatoms. The van der Waals surface area contributed by atoms with E-state index in [1.807, 2.05) is 24.3 Å². The van der Waals surface area contributed by atoms with E-state index in [0.717, 1.165) is 11.3 Å². The van der Waals surface area contributed by atoms with Crippen molar-refractivity contribution in [1.82, 2.24) is 5.16 Å². The summed E-state index contributed by atoms with van der Waals surface area (Å²) in [6.45, 7) is -0.222. The van der Waals surface area contributed by atoms with Gasteiger partial charge in [0.05, 0.1) is 33.5 Å². The molecule has 3 aromatic rings. The molecule has 0 radical (unpaired) electrons. The number of rotatable bonds is 6. The maximum atomic E-state index is 9.90. The van der Waals surface area contributed by atoms with Crippen molar-refractivity contribution >= 4 is 0 Å². The van der Waals surface area contributed by atoms with E-state index in [-0.39, 0.29) is 6.61 Å². The standard InChI is InChI=1S/C19H19NO5/c1-22-13-6-4-12(5-7-13)19-16(11-21)18(20-25-19)15-10-14(23-2)8-9-17(15)24-3/h4-10,21H,11H2,1-3H3. The van der Waals surface area contributed by atoms with Crippen molar-refractivity contribution in [1.29, 1.82) is 0 Å². The van der Waals surface area contributed by atoms with Crippen molar-refractivity contribution in [3.05, 3.63) is 48.0 Å². The lowest BCUT2D eigenvalue weighted by Crippen LogP contribution is -1.94. The van der Waals surface area contributed by atoms with Crippen molar-refractivity contribution in [3.8, 4) is 39.8 Å². The quantitative estimate of drug-likeness (QED) is 0.739. The van der Waals surface area contributed by atoms with Crippen LogP contribution in [-0.2, 0) is 6.61 Å². The van der Waals surface area contributed by atoms with Crippen LogP contribution >= 0.6 is 0 Å². The molecule has 0 aliphatic rings. The van der Waals surface area contributed by atoms with Crippen molar-refractivity contribution < 1.29 is 23.8 Å². The van der Waals surface area contributed by atoms with Crippen LogP contribution in [0, 0.1) is 0 Å². The fourth-order valence-electron chi connectivity index (χ4n) is 2.64. The average Bonchev–Trinajstić information content (AvgIpc) is 3.11. The minimum atomic E-state index is -0.222. The van der Waals surface area contributed by atoms with E-state index in [9.17, 15) is 5.11 Å². The molecule has 0 aliphatic carbocycles.